The molecule has 0 saturated heterocycles. The number of hydrogen-bond donors (Lipinski definition) is 1. The zero-order valence-corrected chi connectivity index (χ0v) is 11.1. The van der Waals surface area contributed by atoms with Gasteiger partial charge in [-0.2, -0.15) is 0 Å². The maximum atomic E-state index is 12.0. The molecule has 104 valence electrons. The van der Waals surface area contributed by atoms with Crippen molar-refractivity contribution in [3.05, 3.63) is 47.9 Å². The summed E-state index contributed by atoms with van der Waals surface area (Å²) in [6.45, 7) is 3.04. The smallest absolute Gasteiger partial charge is 0.255 e. The predicted octanol–water partition coefficient (Wildman–Crippen LogP) is 2.54. The normalized spacial score (nSPS) is 14.7. The zero-order chi connectivity index (χ0) is 13.9. The molecule has 1 unspecified atom stereocenters. The van der Waals surface area contributed by atoms with Crippen LogP contribution in [-0.4, -0.2) is 19.1 Å². The maximum absolute atomic E-state index is 12.0. The summed E-state index contributed by atoms with van der Waals surface area (Å²) in [6, 6.07) is 7.19. The topological polar surface area (TPSA) is 60.7 Å². The van der Waals surface area contributed by atoms with Crippen LogP contribution in [0.5, 0.6) is 11.5 Å². The van der Waals surface area contributed by atoms with Crippen LogP contribution in [0.1, 0.15) is 28.9 Å². The Kier molecular flexibility index (Phi) is 3.33. The van der Waals surface area contributed by atoms with Crippen molar-refractivity contribution >= 4 is 5.91 Å². The number of rotatable bonds is 3. The van der Waals surface area contributed by atoms with E-state index in [4.69, 9.17) is 13.9 Å². The van der Waals surface area contributed by atoms with Crippen LogP contribution < -0.4 is 14.8 Å². The third kappa shape index (κ3) is 2.47. The number of nitrogens with one attached hydrogen (secondary N) is 1. The number of ether oxygens (including phenoxy) is 2. The Morgan fingerprint density at radius 3 is 2.75 bits per heavy atom. The zero-order valence-electron chi connectivity index (χ0n) is 11.1. The molecule has 5 nitrogen and oxygen atoms in total. The second-order valence-corrected chi connectivity index (χ2v) is 4.61. The van der Waals surface area contributed by atoms with E-state index in [2.05, 4.69) is 5.32 Å². The van der Waals surface area contributed by atoms with Crippen molar-refractivity contribution in [2.45, 2.75) is 13.0 Å². The molecule has 1 aromatic carbocycles. The first-order valence-electron chi connectivity index (χ1n) is 6.46. The Morgan fingerprint density at radius 1 is 1.20 bits per heavy atom. The molecule has 0 fully saturated rings. The summed E-state index contributed by atoms with van der Waals surface area (Å²) in [7, 11) is 0. The summed E-state index contributed by atoms with van der Waals surface area (Å²) in [5.74, 6) is 1.30. The summed E-state index contributed by atoms with van der Waals surface area (Å²) < 4.78 is 15.9. The van der Waals surface area contributed by atoms with Crippen molar-refractivity contribution in [2.75, 3.05) is 13.2 Å². The maximum Gasteiger partial charge on any atom is 0.255 e. The molecule has 20 heavy (non-hydrogen) atoms. The van der Waals surface area contributed by atoms with E-state index in [0.29, 0.717) is 18.8 Å². The molecule has 1 aromatic heterocycles. The second-order valence-electron chi connectivity index (χ2n) is 4.61. The van der Waals surface area contributed by atoms with E-state index in [1.165, 1.54) is 12.5 Å². The number of fused-ring (bicyclic) bond motifs is 1. The van der Waals surface area contributed by atoms with Crippen molar-refractivity contribution in [3.63, 3.8) is 0 Å². The van der Waals surface area contributed by atoms with Crippen molar-refractivity contribution in [1.82, 2.24) is 5.32 Å². The molecule has 0 saturated carbocycles. The number of carbonyl (C=O) groups is 1. The summed E-state index contributed by atoms with van der Waals surface area (Å²) >= 11 is 0. The van der Waals surface area contributed by atoms with E-state index >= 15 is 0 Å². The molecule has 3 rings (SSSR count). The lowest BCUT2D eigenvalue weighted by Gasteiger charge is -2.21. The van der Waals surface area contributed by atoms with E-state index in [-0.39, 0.29) is 11.9 Å². The van der Waals surface area contributed by atoms with Crippen molar-refractivity contribution < 1.29 is 18.7 Å². The van der Waals surface area contributed by atoms with Gasteiger partial charge in [-0.05, 0) is 30.7 Å². The molecule has 5 heteroatoms. The lowest BCUT2D eigenvalue weighted by Crippen LogP contribution is -2.26. The quantitative estimate of drug-likeness (QED) is 0.933. The van der Waals surface area contributed by atoms with Gasteiger partial charge in [0, 0.05) is 0 Å². The van der Waals surface area contributed by atoms with Gasteiger partial charge in [-0.15, -0.1) is 0 Å². The highest BCUT2D eigenvalue weighted by Crippen LogP contribution is 2.32. The van der Waals surface area contributed by atoms with Crippen molar-refractivity contribution in [2.24, 2.45) is 0 Å². The second kappa shape index (κ2) is 5.28. The summed E-state index contributed by atoms with van der Waals surface area (Å²) in [6.07, 6.45) is 2.90. The van der Waals surface area contributed by atoms with Crippen LogP contribution in [0.4, 0.5) is 0 Å². The largest absolute Gasteiger partial charge is 0.486 e. The first kappa shape index (κ1) is 12.6. The minimum atomic E-state index is -0.166. The van der Waals surface area contributed by atoms with Crippen molar-refractivity contribution in [1.29, 1.82) is 0 Å². The third-order valence-electron chi connectivity index (χ3n) is 3.20. The van der Waals surface area contributed by atoms with Gasteiger partial charge in [-0.25, -0.2) is 0 Å². The Labute approximate surface area is 116 Å². The van der Waals surface area contributed by atoms with Crippen LogP contribution in [0.3, 0.4) is 0 Å². The SMILES string of the molecule is CC(NC(=O)c1ccoc1)c1ccc2c(c1)OCCO2. The van der Waals surface area contributed by atoms with Gasteiger partial charge in [0.25, 0.3) is 5.91 Å². The molecule has 0 bridgehead atoms. The summed E-state index contributed by atoms with van der Waals surface area (Å²) in [4.78, 5) is 12.0. The molecule has 1 aliphatic rings. The highest BCUT2D eigenvalue weighted by molar-refractivity contribution is 5.94. The first-order chi connectivity index (χ1) is 9.74. The molecule has 0 radical (unpaired) electrons. The highest BCUT2D eigenvalue weighted by atomic mass is 16.6. The molecule has 2 heterocycles. The number of amides is 1. The molecular weight excluding hydrogens is 258 g/mol. The van der Waals surface area contributed by atoms with Gasteiger partial charge in [0.15, 0.2) is 11.5 Å². The van der Waals surface area contributed by atoms with Crippen LogP contribution in [0, 0.1) is 0 Å². The fraction of sp³-hybridized carbons (Fsp3) is 0.267. The average molecular weight is 273 g/mol. The Morgan fingerprint density at radius 2 is 2.00 bits per heavy atom. The van der Waals surface area contributed by atoms with Crippen LogP contribution in [0.15, 0.2) is 41.2 Å². The Bertz CT molecular complexity index is 606. The molecule has 1 aliphatic heterocycles. The van der Waals surface area contributed by atoms with Crippen LogP contribution >= 0.6 is 0 Å². The average Bonchev–Trinajstić information content (AvgIpc) is 3.01. The Balaban J connectivity index is 1.74. The molecule has 2 aromatic rings. The van der Waals surface area contributed by atoms with Gasteiger partial charge in [-0.3, -0.25) is 4.79 Å². The first-order valence-corrected chi connectivity index (χ1v) is 6.46. The molecule has 0 spiro atoms. The van der Waals surface area contributed by atoms with Crippen molar-refractivity contribution in [3.8, 4) is 11.5 Å². The fourth-order valence-electron chi connectivity index (χ4n) is 2.09. The van der Waals surface area contributed by atoms with E-state index in [0.717, 1.165) is 17.1 Å². The summed E-state index contributed by atoms with van der Waals surface area (Å²) in [5.41, 5.74) is 1.47. The number of carbonyl (C=O) groups excluding carboxylic acids is 1. The van der Waals surface area contributed by atoms with Gasteiger partial charge < -0.3 is 19.2 Å². The molecule has 1 amide bonds. The number of hydrogen-bond acceptors (Lipinski definition) is 4. The minimum absolute atomic E-state index is 0.131. The molecule has 1 atom stereocenters. The van der Waals surface area contributed by atoms with Crippen LogP contribution in [0.2, 0.25) is 0 Å². The lowest BCUT2D eigenvalue weighted by atomic mass is 10.1. The van der Waals surface area contributed by atoms with Crippen LogP contribution in [-0.2, 0) is 0 Å². The van der Waals surface area contributed by atoms with Crippen LogP contribution in [0.25, 0.3) is 0 Å². The monoisotopic (exact) mass is 273 g/mol. The van der Waals surface area contributed by atoms with E-state index in [9.17, 15) is 4.79 Å². The highest BCUT2D eigenvalue weighted by Gasteiger charge is 2.16. The van der Waals surface area contributed by atoms with Gasteiger partial charge >= 0.3 is 0 Å². The molecular formula is C15H15NO4. The van der Waals surface area contributed by atoms with E-state index in [1.807, 2.05) is 25.1 Å². The standard InChI is InChI=1S/C15H15NO4/c1-10(16-15(17)12-4-5-18-9-12)11-2-3-13-14(8-11)20-7-6-19-13/h2-5,8-10H,6-7H2,1H3,(H,16,17). The minimum Gasteiger partial charge on any atom is -0.486 e. The lowest BCUT2D eigenvalue weighted by molar-refractivity contribution is 0.0939. The van der Waals surface area contributed by atoms with Gasteiger partial charge in [0.1, 0.15) is 19.5 Å². The van der Waals surface area contributed by atoms with Gasteiger partial charge in [0.05, 0.1) is 17.9 Å². The molecule has 1 N–H and O–H groups in total. The summed E-state index contributed by atoms with van der Waals surface area (Å²) in [5, 5.41) is 2.91. The van der Waals surface area contributed by atoms with Gasteiger partial charge in [0.2, 0.25) is 0 Å². The predicted molar refractivity (Wildman–Crippen MR) is 72.0 cm³/mol. The Hall–Kier alpha value is -2.43. The number of benzene rings is 1. The van der Waals surface area contributed by atoms with E-state index in [1.54, 1.807) is 6.07 Å². The van der Waals surface area contributed by atoms with Gasteiger partial charge in [-0.1, -0.05) is 6.07 Å². The third-order valence-corrected chi connectivity index (χ3v) is 3.20. The molecule has 0 aliphatic carbocycles. The van der Waals surface area contributed by atoms with E-state index < -0.39 is 0 Å². The fourth-order valence-corrected chi connectivity index (χ4v) is 2.09. The number of furan rings is 1.